The Labute approximate surface area is 94.3 Å². The maximum absolute atomic E-state index is 11.8. The Hall–Kier alpha value is -0.990. The fourth-order valence-corrected chi connectivity index (χ4v) is 1.82. The molecule has 0 aromatic rings. The molecule has 0 bridgehead atoms. The Morgan fingerprint density at radius 2 is 2.27 bits per heavy atom. The fraction of sp³-hybridized carbons (Fsp3) is 0.600. The summed E-state index contributed by atoms with van der Waals surface area (Å²) in [6.45, 7) is 4.99. The minimum atomic E-state index is -0.139. The van der Waals surface area contributed by atoms with Gasteiger partial charge in [0.05, 0.1) is 0 Å². The van der Waals surface area contributed by atoms with Crippen LogP contribution in [0.3, 0.4) is 0 Å². The van der Waals surface area contributed by atoms with Gasteiger partial charge in [-0.2, -0.15) is 5.26 Å². The molecule has 0 unspecified atom stereocenters. The second-order valence-electron chi connectivity index (χ2n) is 3.14. The molecule has 0 saturated carbocycles. The van der Waals surface area contributed by atoms with Crippen molar-refractivity contribution in [2.24, 2.45) is 0 Å². The average Bonchev–Trinajstić information content (AvgIpc) is 2.31. The molecule has 0 atom stereocenters. The van der Waals surface area contributed by atoms with Gasteiger partial charge in [0.2, 0.25) is 0 Å². The zero-order chi connectivity index (χ0) is 11.1. The van der Waals surface area contributed by atoms with E-state index in [1.165, 1.54) is 11.8 Å². The van der Waals surface area contributed by atoms with E-state index in [1.807, 2.05) is 13.0 Å². The lowest BCUT2D eigenvalue weighted by Gasteiger charge is -2.26. The van der Waals surface area contributed by atoms with E-state index >= 15 is 0 Å². The third-order valence-corrected chi connectivity index (χ3v) is 2.86. The van der Waals surface area contributed by atoms with Crippen LogP contribution < -0.4 is 5.32 Å². The SMILES string of the molecule is CCSC=C(C#N)C(=O)N1CCNCC1. The molecule has 1 amide bonds. The van der Waals surface area contributed by atoms with Crippen LogP contribution in [0.25, 0.3) is 0 Å². The van der Waals surface area contributed by atoms with Crippen molar-refractivity contribution in [2.75, 3.05) is 31.9 Å². The summed E-state index contributed by atoms with van der Waals surface area (Å²) >= 11 is 1.49. The maximum Gasteiger partial charge on any atom is 0.265 e. The van der Waals surface area contributed by atoms with Crippen molar-refractivity contribution in [1.29, 1.82) is 5.26 Å². The molecular weight excluding hydrogens is 210 g/mol. The van der Waals surface area contributed by atoms with Crippen LogP contribution >= 0.6 is 11.8 Å². The van der Waals surface area contributed by atoms with Gasteiger partial charge in [-0.3, -0.25) is 4.79 Å². The third kappa shape index (κ3) is 3.57. The summed E-state index contributed by atoms with van der Waals surface area (Å²) in [5.74, 6) is 0.736. The van der Waals surface area contributed by atoms with Crippen LogP contribution in [0, 0.1) is 11.3 Å². The lowest BCUT2D eigenvalue weighted by atomic mass is 10.2. The molecule has 82 valence electrons. The zero-order valence-corrected chi connectivity index (χ0v) is 9.64. The number of nitriles is 1. The quantitative estimate of drug-likeness (QED) is 0.564. The fourth-order valence-electron chi connectivity index (χ4n) is 1.33. The molecular formula is C10H15N3OS. The number of piperazine rings is 1. The predicted octanol–water partition coefficient (Wildman–Crippen LogP) is 0.579. The van der Waals surface area contributed by atoms with Crippen molar-refractivity contribution in [1.82, 2.24) is 10.2 Å². The Bertz CT molecular complexity index is 290. The van der Waals surface area contributed by atoms with Gasteiger partial charge in [0.1, 0.15) is 11.6 Å². The van der Waals surface area contributed by atoms with E-state index in [4.69, 9.17) is 5.26 Å². The van der Waals surface area contributed by atoms with E-state index in [-0.39, 0.29) is 11.5 Å². The minimum absolute atomic E-state index is 0.139. The highest BCUT2D eigenvalue weighted by atomic mass is 32.2. The highest BCUT2D eigenvalue weighted by molar-refractivity contribution is 8.02. The number of hydrogen-bond donors (Lipinski definition) is 1. The van der Waals surface area contributed by atoms with Crippen molar-refractivity contribution in [3.8, 4) is 6.07 Å². The molecule has 0 radical (unpaired) electrons. The van der Waals surface area contributed by atoms with E-state index in [2.05, 4.69) is 5.32 Å². The van der Waals surface area contributed by atoms with Crippen molar-refractivity contribution >= 4 is 17.7 Å². The van der Waals surface area contributed by atoms with Crippen LogP contribution in [0.15, 0.2) is 11.0 Å². The summed E-state index contributed by atoms with van der Waals surface area (Å²) in [5.41, 5.74) is 0.253. The molecule has 0 aromatic carbocycles. The molecule has 1 N–H and O–H groups in total. The van der Waals surface area contributed by atoms with Gasteiger partial charge in [-0.15, -0.1) is 11.8 Å². The van der Waals surface area contributed by atoms with Crippen LogP contribution in [0.5, 0.6) is 0 Å². The molecule has 15 heavy (non-hydrogen) atoms. The summed E-state index contributed by atoms with van der Waals surface area (Å²) in [5, 5.41) is 13.7. The molecule has 1 rings (SSSR count). The van der Waals surface area contributed by atoms with Crippen LogP contribution in [0.1, 0.15) is 6.92 Å². The van der Waals surface area contributed by atoms with Crippen LogP contribution in [0.2, 0.25) is 0 Å². The Kier molecular flexibility index (Phi) is 5.22. The topological polar surface area (TPSA) is 56.1 Å². The molecule has 1 aliphatic heterocycles. The van der Waals surface area contributed by atoms with Gasteiger partial charge in [0, 0.05) is 26.2 Å². The molecule has 1 saturated heterocycles. The first-order valence-electron chi connectivity index (χ1n) is 5.01. The van der Waals surface area contributed by atoms with Gasteiger partial charge in [0.15, 0.2) is 0 Å². The smallest absolute Gasteiger partial charge is 0.265 e. The number of hydrogen-bond acceptors (Lipinski definition) is 4. The van der Waals surface area contributed by atoms with Gasteiger partial charge in [-0.1, -0.05) is 6.92 Å². The summed E-state index contributed by atoms with van der Waals surface area (Å²) in [6, 6.07) is 1.96. The van der Waals surface area contributed by atoms with Gasteiger partial charge in [-0.05, 0) is 11.2 Å². The lowest BCUT2D eigenvalue weighted by Crippen LogP contribution is -2.46. The average molecular weight is 225 g/mol. The van der Waals surface area contributed by atoms with Gasteiger partial charge in [0.25, 0.3) is 5.91 Å². The van der Waals surface area contributed by atoms with Gasteiger partial charge >= 0.3 is 0 Å². The Morgan fingerprint density at radius 3 is 2.80 bits per heavy atom. The number of rotatable bonds is 3. The van der Waals surface area contributed by atoms with Crippen molar-refractivity contribution in [3.63, 3.8) is 0 Å². The molecule has 5 heteroatoms. The zero-order valence-electron chi connectivity index (χ0n) is 8.82. The molecule has 4 nitrogen and oxygen atoms in total. The largest absolute Gasteiger partial charge is 0.335 e. The van der Waals surface area contributed by atoms with Gasteiger partial charge in [-0.25, -0.2) is 0 Å². The van der Waals surface area contributed by atoms with Crippen LogP contribution in [0.4, 0.5) is 0 Å². The van der Waals surface area contributed by atoms with Crippen molar-refractivity contribution in [3.05, 3.63) is 11.0 Å². The van der Waals surface area contributed by atoms with E-state index < -0.39 is 0 Å². The molecule has 1 fully saturated rings. The molecule has 1 heterocycles. The van der Waals surface area contributed by atoms with E-state index in [9.17, 15) is 4.79 Å². The highest BCUT2D eigenvalue weighted by Crippen LogP contribution is 2.09. The summed E-state index contributed by atoms with van der Waals surface area (Å²) in [4.78, 5) is 13.6. The molecule has 0 spiro atoms. The molecule has 1 aliphatic rings. The number of carbonyl (C=O) groups excluding carboxylic acids is 1. The number of thioether (sulfide) groups is 1. The monoisotopic (exact) mass is 225 g/mol. The van der Waals surface area contributed by atoms with Gasteiger partial charge < -0.3 is 10.2 Å². The first-order valence-corrected chi connectivity index (χ1v) is 6.06. The van der Waals surface area contributed by atoms with E-state index in [1.54, 1.807) is 10.3 Å². The number of carbonyl (C=O) groups is 1. The van der Waals surface area contributed by atoms with Crippen molar-refractivity contribution in [2.45, 2.75) is 6.92 Å². The first-order chi connectivity index (χ1) is 7.29. The second kappa shape index (κ2) is 6.49. The number of nitrogens with one attached hydrogen (secondary N) is 1. The van der Waals surface area contributed by atoms with Crippen LogP contribution in [-0.4, -0.2) is 42.7 Å². The predicted molar refractivity (Wildman–Crippen MR) is 61.3 cm³/mol. The molecule has 0 aliphatic carbocycles. The number of nitrogens with zero attached hydrogens (tertiary/aromatic N) is 2. The first kappa shape index (κ1) is 12.1. The van der Waals surface area contributed by atoms with E-state index in [0.29, 0.717) is 13.1 Å². The third-order valence-electron chi connectivity index (χ3n) is 2.12. The summed E-state index contributed by atoms with van der Waals surface area (Å²) in [6.07, 6.45) is 0. The summed E-state index contributed by atoms with van der Waals surface area (Å²) in [7, 11) is 0. The van der Waals surface area contributed by atoms with Crippen LogP contribution in [-0.2, 0) is 4.79 Å². The van der Waals surface area contributed by atoms with E-state index in [0.717, 1.165) is 18.8 Å². The normalized spacial score (nSPS) is 17.3. The lowest BCUT2D eigenvalue weighted by molar-refractivity contribution is -0.127. The highest BCUT2D eigenvalue weighted by Gasteiger charge is 2.19. The Morgan fingerprint density at radius 1 is 1.60 bits per heavy atom. The minimum Gasteiger partial charge on any atom is -0.335 e. The second-order valence-corrected chi connectivity index (χ2v) is 4.29. The maximum atomic E-state index is 11.8. The standard InChI is InChI=1S/C10H15N3OS/c1-2-15-8-9(7-11)10(14)13-5-3-12-4-6-13/h8,12H,2-6H2,1H3. The Balaban J connectivity index is 2.60. The molecule has 0 aromatic heterocycles. The van der Waals surface area contributed by atoms with Crippen molar-refractivity contribution < 1.29 is 4.79 Å². The summed E-state index contributed by atoms with van der Waals surface area (Å²) < 4.78 is 0. The number of amides is 1.